The van der Waals surface area contributed by atoms with E-state index in [2.05, 4.69) is 6.07 Å². The predicted molar refractivity (Wildman–Crippen MR) is 36.2 cm³/mol. The zero-order chi connectivity index (χ0) is 6.69. The molecule has 0 saturated carbocycles. The summed E-state index contributed by atoms with van der Waals surface area (Å²) >= 11 is 0. The van der Waals surface area contributed by atoms with Gasteiger partial charge >= 0.3 is 0 Å². The van der Waals surface area contributed by atoms with Gasteiger partial charge in [0.05, 0.1) is 6.07 Å². The van der Waals surface area contributed by atoms with E-state index in [1.165, 1.54) is 0 Å². The van der Waals surface area contributed by atoms with Crippen LogP contribution in [0.2, 0.25) is 0 Å². The molecule has 0 bridgehead atoms. The summed E-state index contributed by atoms with van der Waals surface area (Å²) in [6.45, 7) is 0. The van der Waals surface area contributed by atoms with Crippen molar-refractivity contribution in [3.05, 3.63) is 0 Å². The van der Waals surface area contributed by atoms with Crippen LogP contribution in [0.15, 0.2) is 0 Å². The lowest BCUT2D eigenvalue weighted by atomic mass is 10.1. The maximum atomic E-state index is 10.7. The molecule has 0 aromatic carbocycles. The zero-order valence-electron chi connectivity index (χ0n) is 5.17. The molecule has 0 aromatic rings. The summed E-state index contributed by atoms with van der Waals surface area (Å²) in [5, 5.41) is 8.26. The topological polar surface area (TPSA) is 40.9 Å². The van der Waals surface area contributed by atoms with Gasteiger partial charge in [0.2, 0.25) is 0 Å². The summed E-state index contributed by atoms with van der Waals surface area (Å²) in [6.07, 6.45) is 1.58. The number of nitrogens with zero attached hydrogens (tertiary/aromatic N) is 1. The van der Waals surface area contributed by atoms with E-state index < -0.39 is 10.8 Å². The highest BCUT2D eigenvalue weighted by molar-refractivity contribution is 7.85. The Morgan fingerprint density at radius 1 is 1.78 bits per heavy atom. The molecule has 2 atom stereocenters. The highest BCUT2D eigenvalue weighted by Crippen LogP contribution is 2.17. The number of nitriles is 1. The van der Waals surface area contributed by atoms with Crippen LogP contribution < -0.4 is 0 Å². The van der Waals surface area contributed by atoms with Crippen LogP contribution in [0.1, 0.15) is 12.8 Å². The van der Waals surface area contributed by atoms with Crippen molar-refractivity contribution in [2.24, 2.45) is 5.92 Å². The first-order chi connectivity index (χ1) is 4.33. The molecule has 9 heavy (non-hydrogen) atoms. The summed E-state index contributed by atoms with van der Waals surface area (Å²) in [4.78, 5) is 0. The van der Waals surface area contributed by atoms with Crippen molar-refractivity contribution in [1.82, 2.24) is 0 Å². The largest absolute Gasteiger partial charge is 0.260 e. The third-order valence-corrected chi connectivity index (χ3v) is 3.09. The minimum atomic E-state index is -0.606. The quantitative estimate of drug-likeness (QED) is 0.541. The highest BCUT2D eigenvalue weighted by atomic mass is 32.2. The lowest BCUT2D eigenvalue weighted by Crippen LogP contribution is -1.97. The van der Waals surface area contributed by atoms with Crippen molar-refractivity contribution in [3.63, 3.8) is 0 Å². The molecule has 2 unspecified atom stereocenters. The van der Waals surface area contributed by atoms with Crippen LogP contribution in [-0.2, 0) is 10.8 Å². The molecule has 0 N–H and O–H groups in total. The first-order valence-electron chi connectivity index (χ1n) is 3.05. The summed E-state index contributed by atoms with van der Waals surface area (Å²) in [5.74, 6) is 2.00. The van der Waals surface area contributed by atoms with Gasteiger partial charge in [-0.25, -0.2) is 0 Å². The molecule has 1 aliphatic heterocycles. The third-order valence-electron chi connectivity index (χ3n) is 1.56. The van der Waals surface area contributed by atoms with Gasteiger partial charge in [0.15, 0.2) is 0 Å². The normalized spacial score (nSPS) is 34.1. The fourth-order valence-corrected chi connectivity index (χ4v) is 2.59. The van der Waals surface area contributed by atoms with E-state index in [0.717, 1.165) is 17.9 Å². The molecule has 0 radical (unpaired) electrons. The second kappa shape index (κ2) is 2.98. The average Bonchev–Trinajstić information content (AvgIpc) is 2.17. The average molecular weight is 143 g/mol. The van der Waals surface area contributed by atoms with E-state index in [0.29, 0.717) is 12.3 Å². The van der Waals surface area contributed by atoms with Crippen molar-refractivity contribution in [2.45, 2.75) is 12.8 Å². The number of rotatable bonds is 1. The van der Waals surface area contributed by atoms with E-state index in [9.17, 15) is 4.21 Å². The second-order valence-electron chi connectivity index (χ2n) is 2.33. The summed E-state index contributed by atoms with van der Waals surface area (Å²) in [7, 11) is -0.606. The van der Waals surface area contributed by atoms with E-state index in [4.69, 9.17) is 5.26 Å². The lowest BCUT2D eigenvalue weighted by Gasteiger charge is -1.96. The molecule has 50 valence electrons. The fraction of sp³-hybridized carbons (Fsp3) is 0.833. The van der Waals surface area contributed by atoms with E-state index in [1.807, 2.05) is 0 Å². The minimum absolute atomic E-state index is 0.427. The molecule has 3 heteroatoms. The molecule has 1 fully saturated rings. The van der Waals surface area contributed by atoms with Crippen LogP contribution >= 0.6 is 0 Å². The van der Waals surface area contributed by atoms with Crippen molar-refractivity contribution < 1.29 is 4.21 Å². The molecule has 2 nitrogen and oxygen atoms in total. The molecule has 1 aliphatic rings. The first kappa shape index (κ1) is 6.76. The van der Waals surface area contributed by atoms with Gasteiger partial charge in [-0.05, 0) is 12.3 Å². The SMILES string of the molecule is N#CCC1CCS(=O)C1. The molecular formula is C6H9NOS. The molecule has 0 aromatic heterocycles. The van der Waals surface area contributed by atoms with Crippen molar-refractivity contribution in [3.8, 4) is 6.07 Å². The Hall–Kier alpha value is -0.360. The maximum Gasteiger partial charge on any atom is 0.0624 e. The van der Waals surface area contributed by atoms with Crippen LogP contribution in [0.5, 0.6) is 0 Å². The Labute approximate surface area is 57.3 Å². The first-order valence-corrected chi connectivity index (χ1v) is 4.53. The Balaban J connectivity index is 2.32. The number of hydrogen-bond donors (Lipinski definition) is 0. The van der Waals surface area contributed by atoms with Gasteiger partial charge in [-0.2, -0.15) is 5.26 Å². The molecule has 0 spiro atoms. The summed E-state index contributed by atoms with van der Waals surface area (Å²) in [6, 6.07) is 2.10. The van der Waals surface area contributed by atoms with Gasteiger partial charge in [-0.1, -0.05) is 0 Å². The lowest BCUT2D eigenvalue weighted by molar-refractivity contribution is 0.614. The van der Waals surface area contributed by atoms with Gasteiger partial charge in [-0.3, -0.25) is 4.21 Å². The Morgan fingerprint density at radius 2 is 2.56 bits per heavy atom. The minimum Gasteiger partial charge on any atom is -0.260 e. The smallest absolute Gasteiger partial charge is 0.0624 e. The number of hydrogen-bond acceptors (Lipinski definition) is 2. The monoisotopic (exact) mass is 143 g/mol. The van der Waals surface area contributed by atoms with Crippen LogP contribution in [0.3, 0.4) is 0 Å². The molecule has 0 aliphatic carbocycles. The van der Waals surface area contributed by atoms with Crippen molar-refractivity contribution >= 4 is 10.8 Å². The molecule has 1 rings (SSSR count). The van der Waals surface area contributed by atoms with E-state index in [-0.39, 0.29) is 0 Å². The Kier molecular flexibility index (Phi) is 2.23. The van der Waals surface area contributed by atoms with Gasteiger partial charge in [0, 0.05) is 28.7 Å². The van der Waals surface area contributed by atoms with E-state index >= 15 is 0 Å². The molecule has 0 amide bonds. The van der Waals surface area contributed by atoms with Gasteiger partial charge in [0.25, 0.3) is 0 Å². The van der Waals surface area contributed by atoms with Crippen LogP contribution in [0.4, 0.5) is 0 Å². The fourth-order valence-electron chi connectivity index (χ4n) is 1.02. The summed E-state index contributed by atoms with van der Waals surface area (Å²) in [5.41, 5.74) is 0. The van der Waals surface area contributed by atoms with Crippen molar-refractivity contribution in [2.75, 3.05) is 11.5 Å². The predicted octanol–water partition coefficient (Wildman–Crippen LogP) is 0.669. The van der Waals surface area contributed by atoms with Gasteiger partial charge < -0.3 is 0 Å². The standard InChI is InChI=1S/C6H9NOS/c7-3-1-6-2-4-9(8)5-6/h6H,1-2,4-5H2. The zero-order valence-corrected chi connectivity index (χ0v) is 5.99. The van der Waals surface area contributed by atoms with Crippen molar-refractivity contribution in [1.29, 1.82) is 5.26 Å². The molecule has 1 saturated heterocycles. The summed E-state index contributed by atoms with van der Waals surface area (Å²) < 4.78 is 10.7. The van der Waals surface area contributed by atoms with Gasteiger partial charge in [-0.15, -0.1) is 0 Å². The molecular weight excluding hydrogens is 134 g/mol. The Bertz CT molecular complexity index is 161. The van der Waals surface area contributed by atoms with Crippen LogP contribution in [0.25, 0.3) is 0 Å². The maximum absolute atomic E-state index is 10.7. The van der Waals surface area contributed by atoms with E-state index in [1.54, 1.807) is 0 Å². The van der Waals surface area contributed by atoms with Gasteiger partial charge in [0.1, 0.15) is 0 Å². The van der Waals surface area contributed by atoms with Crippen LogP contribution in [0, 0.1) is 17.2 Å². The molecule has 1 heterocycles. The third kappa shape index (κ3) is 1.79. The Morgan fingerprint density at radius 3 is 3.00 bits per heavy atom. The second-order valence-corrected chi connectivity index (χ2v) is 3.95. The highest BCUT2D eigenvalue weighted by Gasteiger charge is 2.19. The van der Waals surface area contributed by atoms with Crippen LogP contribution in [-0.4, -0.2) is 15.7 Å².